The fourth-order valence-corrected chi connectivity index (χ4v) is 1.38. The normalized spacial score (nSPS) is 9.00. The molecule has 0 spiro atoms. The number of hydrogen-bond donors (Lipinski definition) is 0. The molecule has 0 nitrogen and oxygen atoms in total. The van der Waals surface area contributed by atoms with Gasteiger partial charge in [-0.05, 0) is 38.8 Å². The molecule has 0 aliphatic heterocycles. The van der Waals surface area contributed by atoms with Crippen LogP contribution in [0, 0.1) is 39.3 Å². The lowest BCUT2D eigenvalue weighted by Crippen LogP contribution is -1.91. The molecule has 2 heteroatoms. The van der Waals surface area contributed by atoms with Crippen molar-refractivity contribution in [2.45, 2.75) is 41.5 Å². The Morgan fingerprint density at radius 3 is 1.05 bits per heavy atom. The van der Waals surface area contributed by atoms with E-state index in [1.807, 2.05) is 13.8 Å². The molecular weight excluding hydrogens is 254 g/mol. The summed E-state index contributed by atoms with van der Waals surface area (Å²) in [6.45, 7) is 11.3. The Bertz CT molecular complexity index is 466. The van der Waals surface area contributed by atoms with Gasteiger partial charge in [0.15, 0.2) is 11.6 Å². The Labute approximate surface area is 121 Å². The van der Waals surface area contributed by atoms with Crippen LogP contribution in [0.25, 0.3) is 0 Å². The Hall–Kier alpha value is -1.70. The van der Waals surface area contributed by atoms with Crippen LogP contribution in [0.2, 0.25) is 0 Å². The fraction of sp³-hybridized carbons (Fsp3) is 0.333. The van der Waals surface area contributed by atoms with Crippen LogP contribution in [0.4, 0.5) is 8.78 Å². The van der Waals surface area contributed by atoms with Gasteiger partial charge in [0, 0.05) is 0 Å². The summed E-state index contributed by atoms with van der Waals surface area (Å²) in [4.78, 5) is 0. The highest BCUT2D eigenvalue weighted by Crippen LogP contribution is 2.13. The van der Waals surface area contributed by atoms with E-state index in [-0.39, 0.29) is 0 Å². The molecule has 0 N–H and O–H groups in total. The van der Waals surface area contributed by atoms with Crippen molar-refractivity contribution in [3.05, 3.63) is 70.3 Å². The van der Waals surface area contributed by atoms with Crippen LogP contribution in [0.5, 0.6) is 0 Å². The first-order chi connectivity index (χ1) is 9.41. The zero-order chi connectivity index (χ0) is 15.7. The van der Waals surface area contributed by atoms with Crippen LogP contribution in [-0.4, -0.2) is 0 Å². The SMILES string of the molecule is CC.Cc1ccc(C)c(F)c1F.Cc1ccc(C)cc1. The molecule has 0 aliphatic rings. The first-order valence-electron chi connectivity index (χ1n) is 6.86. The van der Waals surface area contributed by atoms with E-state index >= 15 is 0 Å². The van der Waals surface area contributed by atoms with Gasteiger partial charge in [-0.25, -0.2) is 8.78 Å². The molecule has 0 saturated carbocycles. The molecule has 20 heavy (non-hydrogen) atoms. The van der Waals surface area contributed by atoms with E-state index in [0.29, 0.717) is 11.1 Å². The summed E-state index contributed by atoms with van der Waals surface area (Å²) in [5, 5.41) is 0. The van der Waals surface area contributed by atoms with Crippen molar-refractivity contribution in [2.24, 2.45) is 0 Å². The highest BCUT2D eigenvalue weighted by atomic mass is 19.2. The molecule has 0 radical (unpaired) electrons. The first kappa shape index (κ1) is 18.3. The van der Waals surface area contributed by atoms with Crippen molar-refractivity contribution in [2.75, 3.05) is 0 Å². The average molecular weight is 278 g/mol. The van der Waals surface area contributed by atoms with Gasteiger partial charge in [0.2, 0.25) is 0 Å². The maximum absolute atomic E-state index is 12.6. The van der Waals surface area contributed by atoms with E-state index < -0.39 is 11.6 Å². The highest BCUT2D eigenvalue weighted by molar-refractivity contribution is 5.24. The van der Waals surface area contributed by atoms with Gasteiger partial charge in [0.05, 0.1) is 0 Å². The lowest BCUT2D eigenvalue weighted by Gasteiger charge is -1.99. The fourth-order valence-electron chi connectivity index (χ4n) is 1.38. The Morgan fingerprint density at radius 2 is 0.800 bits per heavy atom. The third-order valence-electron chi connectivity index (χ3n) is 2.69. The monoisotopic (exact) mass is 278 g/mol. The predicted molar refractivity (Wildman–Crippen MR) is 83.1 cm³/mol. The second kappa shape index (κ2) is 9.24. The van der Waals surface area contributed by atoms with Crippen molar-refractivity contribution >= 4 is 0 Å². The maximum Gasteiger partial charge on any atom is 0.161 e. The van der Waals surface area contributed by atoms with Crippen molar-refractivity contribution in [3.8, 4) is 0 Å². The molecule has 2 rings (SSSR count). The summed E-state index contributed by atoms with van der Waals surface area (Å²) in [5.41, 5.74) is 3.36. The van der Waals surface area contributed by atoms with Gasteiger partial charge in [0.25, 0.3) is 0 Å². The molecule has 0 bridgehead atoms. The minimum atomic E-state index is -0.736. The molecule has 0 aromatic heterocycles. The number of benzene rings is 2. The molecule has 0 atom stereocenters. The van der Waals surface area contributed by atoms with Crippen molar-refractivity contribution in [1.82, 2.24) is 0 Å². The summed E-state index contributed by atoms with van der Waals surface area (Å²) in [6.07, 6.45) is 0. The Morgan fingerprint density at radius 1 is 0.550 bits per heavy atom. The minimum absolute atomic E-state index is 0.350. The topological polar surface area (TPSA) is 0 Å². The lowest BCUT2D eigenvalue weighted by atomic mass is 10.1. The molecular formula is C18H24F2. The van der Waals surface area contributed by atoms with Crippen molar-refractivity contribution in [3.63, 3.8) is 0 Å². The third-order valence-corrected chi connectivity index (χ3v) is 2.69. The standard InChI is InChI=1S/C8H8F2.C8H10.C2H6/c1-5-3-4-6(2)8(10)7(5)9;1-7-3-5-8(2)6-4-7;1-2/h3-4H,1-2H3;3-6H,1-2H3;1-2H3. The van der Waals surface area contributed by atoms with Crippen LogP contribution in [0.15, 0.2) is 36.4 Å². The quantitative estimate of drug-likeness (QED) is 0.562. The summed E-state index contributed by atoms with van der Waals surface area (Å²) in [6, 6.07) is 11.6. The van der Waals surface area contributed by atoms with Crippen LogP contribution >= 0.6 is 0 Å². The zero-order valence-electron chi connectivity index (χ0n) is 13.2. The summed E-state index contributed by atoms with van der Waals surface area (Å²) >= 11 is 0. The summed E-state index contributed by atoms with van der Waals surface area (Å²) in [7, 11) is 0. The molecule has 0 aliphatic carbocycles. The summed E-state index contributed by atoms with van der Waals surface area (Å²) < 4.78 is 25.2. The predicted octanol–water partition coefficient (Wildman–Crippen LogP) is 5.91. The summed E-state index contributed by atoms with van der Waals surface area (Å²) in [5.74, 6) is -1.47. The average Bonchev–Trinajstić information content (AvgIpc) is 2.47. The largest absolute Gasteiger partial charge is 0.203 e. The van der Waals surface area contributed by atoms with Gasteiger partial charge in [-0.2, -0.15) is 0 Å². The van der Waals surface area contributed by atoms with Crippen LogP contribution in [0.1, 0.15) is 36.1 Å². The van der Waals surface area contributed by atoms with Crippen LogP contribution in [0.3, 0.4) is 0 Å². The number of hydrogen-bond acceptors (Lipinski definition) is 0. The lowest BCUT2D eigenvalue weighted by molar-refractivity contribution is 0.497. The second-order valence-electron chi connectivity index (χ2n) is 4.48. The maximum atomic E-state index is 12.6. The molecule has 0 unspecified atom stereocenters. The zero-order valence-corrected chi connectivity index (χ0v) is 13.2. The van der Waals surface area contributed by atoms with E-state index in [1.54, 1.807) is 12.1 Å². The molecule has 2 aromatic carbocycles. The van der Waals surface area contributed by atoms with Gasteiger partial charge in [-0.15, -0.1) is 0 Å². The van der Waals surface area contributed by atoms with Gasteiger partial charge < -0.3 is 0 Å². The van der Waals surface area contributed by atoms with E-state index in [9.17, 15) is 8.78 Å². The van der Waals surface area contributed by atoms with E-state index in [2.05, 4.69) is 38.1 Å². The molecule has 0 fully saturated rings. The van der Waals surface area contributed by atoms with Gasteiger partial charge >= 0.3 is 0 Å². The Balaban J connectivity index is 0.000000327. The van der Waals surface area contributed by atoms with Crippen LogP contribution in [-0.2, 0) is 0 Å². The molecule has 0 heterocycles. The van der Waals surface area contributed by atoms with Crippen LogP contribution < -0.4 is 0 Å². The third kappa shape index (κ3) is 5.96. The van der Waals surface area contributed by atoms with Gasteiger partial charge in [-0.3, -0.25) is 0 Å². The second-order valence-corrected chi connectivity index (χ2v) is 4.48. The van der Waals surface area contributed by atoms with Gasteiger partial charge in [-0.1, -0.05) is 61.4 Å². The van der Waals surface area contributed by atoms with E-state index in [4.69, 9.17) is 0 Å². The number of rotatable bonds is 0. The van der Waals surface area contributed by atoms with E-state index in [0.717, 1.165) is 0 Å². The van der Waals surface area contributed by atoms with Crippen molar-refractivity contribution < 1.29 is 8.78 Å². The van der Waals surface area contributed by atoms with Gasteiger partial charge in [0.1, 0.15) is 0 Å². The molecule has 0 amide bonds. The minimum Gasteiger partial charge on any atom is -0.203 e. The molecule has 2 aromatic rings. The Kier molecular flexibility index (Phi) is 8.46. The number of aryl methyl sites for hydroxylation is 4. The first-order valence-corrected chi connectivity index (χ1v) is 6.86. The molecule has 110 valence electrons. The van der Waals surface area contributed by atoms with Crippen molar-refractivity contribution in [1.29, 1.82) is 0 Å². The molecule has 0 saturated heterocycles. The number of halogens is 2. The smallest absolute Gasteiger partial charge is 0.161 e. The van der Waals surface area contributed by atoms with E-state index in [1.165, 1.54) is 25.0 Å². The highest BCUT2D eigenvalue weighted by Gasteiger charge is 2.05.